The van der Waals surface area contributed by atoms with Gasteiger partial charge in [0.2, 0.25) is 0 Å². The van der Waals surface area contributed by atoms with Crippen molar-refractivity contribution in [3.05, 3.63) is 28.5 Å². The van der Waals surface area contributed by atoms with E-state index in [0.717, 1.165) is 17.6 Å². The van der Waals surface area contributed by atoms with Gasteiger partial charge >= 0.3 is 5.97 Å². The third-order valence-corrected chi connectivity index (χ3v) is 3.05. The lowest BCUT2D eigenvalue weighted by Gasteiger charge is -2.09. The third-order valence-electron chi connectivity index (χ3n) is 2.76. The molecule has 0 aliphatic rings. The predicted molar refractivity (Wildman–Crippen MR) is 74.6 cm³/mol. The zero-order chi connectivity index (χ0) is 14.0. The highest BCUT2D eigenvalue weighted by Crippen LogP contribution is 2.24. The maximum absolute atomic E-state index is 11.1. The zero-order valence-electron chi connectivity index (χ0n) is 10.8. The fourth-order valence-electron chi connectivity index (χ4n) is 1.88. The van der Waals surface area contributed by atoms with Gasteiger partial charge < -0.3 is 15.4 Å². The summed E-state index contributed by atoms with van der Waals surface area (Å²) in [6.45, 7) is 5.67. The number of halogens is 1. The number of H-pyrrole nitrogens is 1. The van der Waals surface area contributed by atoms with E-state index >= 15 is 0 Å². The molecule has 0 amide bonds. The Kier molecular flexibility index (Phi) is 4.07. The van der Waals surface area contributed by atoms with Crippen molar-refractivity contribution in [1.29, 1.82) is 0 Å². The molecule has 0 radical (unpaired) electrons. The Morgan fingerprint density at radius 3 is 2.95 bits per heavy atom. The van der Waals surface area contributed by atoms with Crippen LogP contribution in [0.4, 0.5) is 0 Å². The fraction of sp³-hybridized carbons (Fsp3) is 0.385. The predicted octanol–water partition coefficient (Wildman–Crippen LogP) is 2.66. The molecule has 0 aliphatic heterocycles. The number of hydrogen-bond acceptors (Lipinski definition) is 3. The molecule has 0 unspecified atom stereocenters. The van der Waals surface area contributed by atoms with Crippen molar-refractivity contribution in [3.63, 3.8) is 0 Å². The molecule has 0 atom stereocenters. The van der Waals surface area contributed by atoms with Gasteiger partial charge in [0.05, 0.1) is 10.5 Å². The molecule has 0 bridgehead atoms. The number of aromatic nitrogens is 2. The van der Waals surface area contributed by atoms with Crippen LogP contribution in [0.1, 0.15) is 29.9 Å². The van der Waals surface area contributed by atoms with Gasteiger partial charge in [0.1, 0.15) is 11.2 Å². The number of pyridine rings is 1. The Hall–Kier alpha value is -1.59. The molecule has 0 aliphatic carbocycles. The molecule has 2 heterocycles. The molecule has 19 heavy (non-hydrogen) atoms. The molecule has 6 heteroatoms. The number of aromatic carboxylic acids is 1. The first-order chi connectivity index (χ1) is 8.99. The molecular weight excluding hydrogens is 266 g/mol. The van der Waals surface area contributed by atoms with Gasteiger partial charge in [0, 0.05) is 12.7 Å². The molecule has 0 fully saturated rings. The van der Waals surface area contributed by atoms with Gasteiger partial charge in [0.15, 0.2) is 0 Å². The lowest BCUT2D eigenvalue weighted by atomic mass is 10.1. The molecule has 0 aromatic carbocycles. The summed E-state index contributed by atoms with van der Waals surface area (Å²) in [6.07, 6.45) is 1.62. The minimum Gasteiger partial charge on any atom is -0.477 e. The maximum Gasteiger partial charge on any atom is 0.354 e. The van der Waals surface area contributed by atoms with Crippen LogP contribution in [-0.4, -0.2) is 27.6 Å². The maximum atomic E-state index is 11.1. The number of carboxylic acid groups (broad SMARTS) is 1. The second kappa shape index (κ2) is 5.59. The molecule has 0 saturated carbocycles. The summed E-state index contributed by atoms with van der Waals surface area (Å²) in [5.41, 5.74) is 2.15. The summed E-state index contributed by atoms with van der Waals surface area (Å²) >= 11 is 6.00. The van der Waals surface area contributed by atoms with E-state index in [4.69, 9.17) is 16.7 Å². The summed E-state index contributed by atoms with van der Waals surface area (Å²) in [6, 6.07) is 1.57. The summed E-state index contributed by atoms with van der Waals surface area (Å²) < 4.78 is 0. The number of aromatic amines is 1. The van der Waals surface area contributed by atoms with E-state index in [1.807, 2.05) is 0 Å². The van der Waals surface area contributed by atoms with Gasteiger partial charge in [-0.05, 0) is 24.1 Å². The van der Waals surface area contributed by atoms with E-state index < -0.39 is 5.97 Å². The SMILES string of the molecule is CC(C)CNCc1cc(C(=O)O)nc2c(Cl)c[nH]c12. The van der Waals surface area contributed by atoms with Crippen molar-refractivity contribution in [3.8, 4) is 0 Å². The van der Waals surface area contributed by atoms with Crippen LogP contribution in [0.5, 0.6) is 0 Å². The number of hydrogen-bond donors (Lipinski definition) is 3. The minimum atomic E-state index is -1.05. The van der Waals surface area contributed by atoms with Crippen molar-refractivity contribution in [1.82, 2.24) is 15.3 Å². The Morgan fingerprint density at radius 1 is 1.58 bits per heavy atom. The number of carbonyl (C=O) groups is 1. The first-order valence-electron chi connectivity index (χ1n) is 6.09. The van der Waals surface area contributed by atoms with E-state index in [0.29, 0.717) is 23.0 Å². The van der Waals surface area contributed by atoms with Crippen molar-refractivity contribution in [2.24, 2.45) is 5.92 Å². The normalized spacial score (nSPS) is 11.4. The first kappa shape index (κ1) is 13.8. The number of fused-ring (bicyclic) bond motifs is 1. The lowest BCUT2D eigenvalue weighted by molar-refractivity contribution is 0.0691. The van der Waals surface area contributed by atoms with Crippen LogP contribution in [0.3, 0.4) is 0 Å². The van der Waals surface area contributed by atoms with E-state index in [2.05, 4.69) is 29.1 Å². The monoisotopic (exact) mass is 281 g/mol. The standard InChI is InChI=1S/C13H16ClN3O2/c1-7(2)4-15-5-8-3-10(13(18)19)17-12-9(14)6-16-11(8)12/h3,6-7,15-16H,4-5H2,1-2H3,(H,18,19). The fourth-order valence-corrected chi connectivity index (χ4v) is 2.07. The average molecular weight is 282 g/mol. The second-order valence-electron chi connectivity index (χ2n) is 4.86. The van der Waals surface area contributed by atoms with Gasteiger partial charge in [-0.25, -0.2) is 9.78 Å². The molecule has 2 aromatic rings. The van der Waals surface area contributed by atoms with Crippen LogP contribution in [0.2, 0.25) is 5.02 Å². The molecule has 3 N–H and O–H groups in total. The Balaban J connectivity index is 2.37. The molecule has 5 nitrogen and oxygen atoms in total. The van der Waals surface area contributed by atoms with Crippen molar-refractivity contribution in [2.75, 3.05) is 6.54 Å². The van der Waals surface area contributed by atoms with Crippen molar-refractivity contribution >= 4 is 28.6 Å². The largest absolute Gasteiger partial charge is 0.477 e. The van der Waals surface area contributed by atoms with Crippen LogP contribution >= 0.6 is 11.6 Å². The highest BCUT2D eigenvalue weighted by Gasteiger charge is 2.14. The zero-order valence-corrected chi connectivity index (χ0v) is 11.6. The van der Waals surface area contributed by atoms with Gasteiger partial charge in [0.25, 0.3) is 0 Å². The number of nitrogens with zero attached hydrogens (tertiary/aromatic N) is 1. The summed E-state index contributed by atoms with van der Waals surface area (Å²) in [5.74, 6) is -0.521. The lowest BCUT2D eigenvalue weighted by Crippen LogP contribution is -2.19. The number of rotatable bonds is 5. The molecule has 2 rings (SSSR count). The Labute approximate surface area is 116 Å². The van der Waals surface area contributed by atoms with Gasteiger partial charge in [-0.3, -0.25) is 0 Å². The average Bonchev–Trinajstić information content (AvgIpc) is 2.71. The highest BCUT2D eigenvalue weighted by molar-refractivity contribution is 6.35. The van der Waals surface area contributed by atoms with Crippen LogP contribution in [-0.2, 0) is 6.54 Å². The van der Waals surface area contributed by atoms with Crippen LogP contribution in [0.15, 0.2) is 12.3 Å². The Morgan fingerprint density at radius 2 is 2.32 bits per heavy atom. The number of carboxylic acids is 1. The molecule has 0 saturated heterocycles. The van der Waals surface area contributed by atoms with Gasteiger partial charge in [-0.15, -0.1) is 0 Å². The topological polar surface area (TPSA) is 78.0 Å². The third kappa shape index (κ3) is 3.05. The van der Waals surface area contributed by atoms with Gasteiger partial charge in [-0.1, -0.05) is 25.4 Å². The summed E-state index contributed by atoms with van der Waals surface area (Å²) in [4.78, 5) is 18.2. The van der Waals surface area contributed by atoms with Crippen LogP contribution in [0, 0.1) is 5.92 Å². The smallest absolute Gasteiger partial charge is 0.354 e. The summed E-state index contributed by atoms with van der Waals surface area (Å²) in [7, 11) is 0. The second-order valence-corrected chi connectivity index (χ2v) is 5.26. The van der Waals surface area contributed by atoms with Crippen LogP contribution < -0.4 is 5.32 Å². The van der Waals surface area contributed by atoms with Crippen molar-refractivity contribution in [2.45, 2.75) is 20.4 Å². The van der Waals surface area contributed by atoms with Gasteiger partial charge in [-0.2, -0.15) is 0 Å². The number of nitrogens with one attached hydrogen (secondary N) is 2. The van der Waals surface area contributed by atoms with E-state index in [-0.39, 0.29) is 5.69 Å². The van der Waals surface area contributed by atoms with E-state index in [1.54, 1.807) is 12.3 Å². The summed E-state index contributed by atoms with van der Waals surface area (Å²) in [5, 5.41) is 12.8. The van der Waals surface area contributed by atoms with Crippen molar-refractivity contribution < 1.29 is 9.90 Å². The molecule has 0 spiro atoms. The first-order valence-corrected chi connectivity index (χ1v) is 6.47. The minimum absolute atomic E-state index is 0.00958. The molecule has 102 valence electrons. The highest BCUT2D eigenvalue weighted by atomic mass is 35.5. The molecular formula is C13H16ClN3O2. The molecule has 2 aromatic heterocycles. The van der Waals surface area contributed by atoms with E-state index in [1.165, 1.54) is 0 Å². The van der Waals surface area contributed by atoms with E-state index in [9.17, 15) is 4.79 Å². The van der Waals surface area contributed by atoms with Crippen LogP contribution in [0.25, 0.3) is 11.0 Å². The quantitative estimate of drug-likeness (QED) is 0.787. The Bertz CT molecular complexity index is 607.